The minimum Gasteiger partial charge on any atom is -0.459 e. The summed E-state index contributed by atoms with van der Waals surface area (Å²) in [6.07, 6.45) is -5.89. The molecule has 4 rings (SSSR count). The van der Waals surface area contributed by atoms with E-state index in [2.05, 4.69) is 6.08 Å². The smallest absolute Gasteiger partial charge is 0.426 e. The Labute approximate surface area is 170 Å². The molecular weight excluding hydrogens is 414 g/mol. The van der Waals surface area contributed by atoms with Crippen molar-refractivity contribution in [2.45, 2.75) is 75.4 Å². The van der Waals surface area contributed by atoms with Crippen LogP contribution in [0.2, 0.25) is 0 Å². The van der Waals surface area contributed by atoms with E-state index >= 15 is 0 Å². The summed E-state index contributed by atoms with van der Waals surface area (Å²) < 4.78 is 84.6. The molecule has 0 amide bonds. The van der Waals surface area contributed by atoms with Gasteiger partial charge < -0.3 is 9.84 Å². The zero-order valence-electron chi connectivity index (χ0n) is 16.6. The minimum absolute atomic E-state index is 0.114. The molecule has 4 aliphatic carbocycles. The summed E-state index contributed by atoms with van der Waals surface area (Å²) in [4.78, 5) is 12.7. The number of allylic oxidation sites excluding steroid dienone is 2. The second-order valence-corrected chi connectivity index (χ2v) is 10.1. The molecule has 30 heavy (non-hydrogen) atoms. The predicted octanol–water partition coefficient (Wildman–Crippen LogP) is 5.18. The zero-order chi connectivity index (χ0) is 22.1. The van der Waals surface area contributed by atoms with E-state index in [1.165, 1.54) is 0 Å². The van der Waals surface area contributed by atoms with Crippen molar-refractivity contribution in [3.63, 3.8) is 0 Å². The highest BCUT2D eigenvalue weighted by molar-refractivity contribution is 5.74. The summed E-state index contributed by atoms with van der Waals surface area (Å²) in [6, 6.07) is 0. The first-order valence-corrected chi connectivity index (χ1v) is 10.5. The Morgan fingerprint density at radius 2 is 1.70 bits per heavy atom. The van der Waals surface area contributed by atoms with Gasteiger partial charge in [-0.15, -0.1) is 0 Å². The molecule has 0 aromatic rings. The average Bonchev–Trinajstić information content (AvgIpc) is 3.27. The van der Waals surface area contributed by atoms with Gasteiger partial charge in [0.25, 0.3) is 5.60 Å². The van der Waals surface area contributed by atoms with Gasteiger partial charge in [0.1, 0.15) is 5.60 Å². The number of hydrogen-bond acceptors (Lipinski definition) is 3. The van der Waals surface area contributed by atoms with Gasteiger partial charge in [0.05, 0.1) is 5.92 Å². The first-order chi connectivity index (χ1) is 13.7. The molecule has 0 saturated heterocycles. The first kappa shape index (κ1) is 22.0. The standard InChI is InChI=1S/C21H26F6O3/c1-18(30-17(28)16-7-11-2-3-13(16)4-11)8-12-5-14(9-18)15(6-12)10-19(29,20(22,23)24)21(25,26)27/h2-3,11-16,29H,4-10H2,1H3. The maximum Gasteiger partial charge on any atom is 0.426 e. The van der Waals surface area contributed by atoms with Crippen LogP contribution in [0.4, 0.5) is 26.3 Å². The number of halogens is 6. The van der Waals surface area contributed by atoms with Crippen molar-refractivity contribution in [2.24, 2.45) is 35.5 Å². The average molecular weight is 440 g/mol. The van der Waals surface area contributed by atoms with E-state index in [0.717, 1.165) is 12.8 Å². The van der Waals surface area contributed by atoms with E-state index in [0.29, 0.717) is 18.8 Å². The van der Waals surface area contributed by atoms with Crippen LogP contribution in [0.3, 0.4) is 0 Å². The molecule has 4 bridgehead atoms. The molecule has 0 heterocycles. The summed E-state index contributed by atoms with van der Waals surface area (Å²) in [5, 5.41) is 9.60. The quantitative estimate of drug-likeness (QED) is 0.372. The van der Waals surface area contributed by atoms with Gasteiger partial charge in [-0.05, 0) is 81.5 Å². The van der Waals surface area contributed by atoms with Crippen LogP contribution in [0.25, 0.3) is 0 Å². The van der Waals surface area contributed by atoms with Crippen molar-refractivity contribution >= 4 is 5.97 Å². The molecule has 0 radical (unpaired) electrons. The normalized spacial score (nSPS) is 40.8. The third-order valence-corrected chi connectivity index (χ3v) is 7.78. The van der Waals surface area contributed by atoms with Crippen LogP contribution in [0.5, 0.6) is 0 Å². The second kappa shape index (κ2) is 6.87. The zero-order valence-corrected chi connectivity index (χ0v) is 16.6. The molecule has 4 aliphatic rings. The molecule has 170 valence electrons. The van der Waals surface area contributed by atoms with Crippen LogP contribution in [0, 0.1) is 35.5 Å². The molecular formula is C21H26F6O3. The monoisotopic (exact) mass is 440 g/mol. The van der Waals surface area contributed by atoms with Crippen LogP contribution < -0.4 is 0 Å². The largest absolute Gasteiger partial charge is 0.459 e. The van der Waals surface area contributed by atoms with Gasteiger partial charge >= 0.3 is 18.3 Å². The van der Waals surface area contributed by atoms with E-state index in [1.54, 1.807) is 6.92 Å². The number of carbonyl (C=O) groups excluding carboxylic acids is 1. The SMILES string of the molecule is CC1(OC(=O)C2CC3C=CC2C3)CC2CC(C1)C(CC(O)(C(F)(F)F)C(F)(F)F)C2. The molecule has 1 N–H and O–H groups in total. The number of ether oxygens (including phenoxy) is 1. The number of hydrogen-bond donors (Lipinski definition) is 1. The lowest BCUT2D eigenvalue weighted by atomic mass is 9.75. The number of rotatable bonds is 4. The van der Waals surface area contributed by atoms with E-state index in [4.69, 9.17) is 4.74 Å². The van der Waals surface area contributed by atoms with Crippen LogP contribution >= 0.6 is 0 Å². The summed E-state index contributed by atoms with van der Waals surface area (Å²) in [5.41, 5.74) is -5.61. The molecule has 7 unspecified atom stereocenters. The molecule has 0 aliphatic heterocycles. The molecule has 0 aromatic carbocycles. The molecule has 7 atom stereocenters. The fraction of sp³-hybridized carbons (Fsp3) is 0.857. The number of aliphatic hydroxyl groups is 1. The third kappa shape index (κ3) is 3.65. The van der Waals surface area contributed by atoms with Gasteiger partial charge in [-0.25, -0.2) is 0 Å². The van der Waals surface area contributed by atoms with Crippen molar-refractivity contribution in [3.05, 3.63) is 12.2 Å². The highest BCUT2D eigenvalue weighted by Gasteiger charge is 2.71. The highest BCUT2D eigenvalue weighted by atomic mass is 19.4. The molecule has 9 heteroatoms. The van der Waals surface area contributed by atoms with Gasteiger partial charge in [-0.2, -0.15) is 26.3 Å². The Hall–Kier alpha value is -1.25. The highest BCUT2D eigenvalue weighted by Crippen LogP contribution is 2.56. The maximum absolute atomic E-state index is 13.1. The summed E-state index contributed by atoms with van der Waals surface area (Å²) >= 11 is 0. The van der Waals surface area contributed by atoms with E-state index < -0.39 is 41.8 Å². The molecule has 3 fully saturated rings. The fourth-order valence-electron chi connectivity index (χ4n) is 6.48. The summed E-state index contributed by atoms with van der Waals surface area (Å²) in [5.74, 6) is -1.46. The Balaban J connectivity index is 1.44. The van der Waals surface area contributed by atoms with E-state index in [-0.39, 0.29) is 36.6 Å². The van der Waals surface area contributed by atoms with Gasteiger partial charge in [0, 0.05) is 0 Å². The molecule has 0 spiro atoms. The van der Waals surface area contributed by atoms with Gasteiger partial charge in [0.15, 0.2) is 0 Å². The lowest BCUT2D eigenvalue weighted by Gasteiger charge is -2.40. The molecule has 0 aromatic heterocycles. The van der Waals surface area contributed by atoms with Gasteiger partial charge in [-0.1, -0.05) is 12.2 Å². The van der Waals surface area contributed by atoms with Crippen LogP contribution in [-0.4, -0.2) is 34.6 Å². The Kier molecular flexibility index (Phi) is 5.03. The van der Waals surface area contributed by atoms with Crippen LogP contribution in [0.1, 0.15) is 51.9 Å². The first-order valence-electron chi connectivity index (χ1n) is 10.5. The summed E-state index contributed by atoms with van der Waals surface area (Å²) in [6.45, 7) is 1.73. The Morgan fingerprint density at radius 3 is 2.23 bits per heavy atom. The second-order valence-electron chi connectivity index (χ2n) is 10.1. The van der Waals surface area contributed by atoms with Gasteiger partial charge in [0.2, 0.25) is 0 Å². The van der Waals surface area contributed by atoms with Crippen molar-refractivity contribution in [3.8, 4) is 0 Å². The van der Waals surface area contributed by atoms with Crippen LogP contribution in [-0.2, 0) is 9.53 Å². The maximum atomic E-state index is 13.1. The van der Waals surface area contributed by atoms with Crippen molar-refractivity contribution in [2.75, 3.05) is 0 Å². The lowest BCUT2D eigenvalue weighted by molar-refractivity contribution is -0.373. The van der Waals surface area contributed by atoms with Crippen molar-refractivity contribution in [1.82, 2.24) is 0 Å². The summed E-state index contributed by atoms with van der Waals surface area (Å²) in [7, 11) is 0. The minimum atomic E-state index is -5.80. The number of esters is 1. The molecule has 3 nitrogen and oxygen atoms in total. The number of fused-ring (bicyclic) bond motifs is 4. The number of alkyl halides is 6. The molecule has 3 saturated carbocycles. The number of carbonyl (C=O) groups is 1. The fourth-order valence-corrected chi connectivity index (χ4v) is 6.48. The van der Waals surface area contributed by atoms with Gasteiger partial charge in [-0.3, -0.25) is 4.79 Å². The Morgan fingerprint density at radius 1 is 1.03 bits per heavy atom. The lowest BCUT2D eigenvalue weighted by Crippen LogP contribution is -2.58. The van der Waals surface area contributed by atoms with E-state index in [1.807, 2.05) is 6.08 Å². The van der Waals surface area contributed by atoms with Crippen molar-refractivity contribution in [1.29, 1.82) is 0 Å². The van der Waals surface area contributed by atoms with Crippen LogP contribution in [0.15, 0.2) is 12.2 Å². The van der Waals surface area contributed by atoms with E-state index in [9.17, 15) is 36.2 Å². The van der Waals surface area contributed by atoms with Crippen molar-refractivity contribution < 1.29 is 41.0 Å². The Bertz CT molecular complexity index is 715. The predicted molar refractivity (Wildman–Crippen MR) is 94.0 cm³/mol. The topological polar surface area (TPSA) is 46.5 Å². The third-order valence-electron chi connectivity index (χ3n) is 7.78.